The van der Waals surface area contributed by atoms with E-state index in [9.17, 15) is 57.1 Å². The maximum absolute atomic E-state index is 14.9. The molecular weight excluding hydrogens is 507 g/mol. The van der Waals surface area contributed by atoms with Crippen molar-refractivity contribution < 1.29 is 66.5 Å². The van der Waals surface area contributed by atoms with Crippen molar-refractivity contribution in [3.8, 4) is 22.6 Å². The summed E-state index contributed by atoms with van der Waals surface area (Å²) in [5.41, 5.74) is -4.72. The van der Waals surface area contributed by atoms with Crippen molar-refractivity contribution in [3.63, 3.8) is 0 Å². The SMILES string of the molecule is C=COc1c(F)c(F)c(-c2c(F)c(F)c3c(F)c(OC(F)(F)F)c(F)c(F)c3c2F)c(F)c1F. The van der Waals surface area contributed by atoms with Crippen LogP contribution in [-0.2, 0) is 0 Å². The van der Waals surface area contributed by atoms with E-state index >= 15 is 0 Å². The second-order valence-corrected chi connectivity index (χ2v) is 6.13. The monoisotopic (exact) mass is 510 g/mol. The summed E-state index contributed by atoms with van der Waals surface area (Å²) >= 11 is 0. The molecule has 0 aliphatic rings. The Morgan fingerprint density at radius 2 is 0.882 bits per heavy atom. The molecule has 0 atom stereocenters. The third-order valence-corrected chi connectivity index (χ3v) is 4.24. The van der Waals surface area contributed by atoms with Crippen molar-refractivity contribution in [1.82, 2.24) is 0 Å². The highest BCUT2D eigenvalue weighted by molar-refractivity contribution is 5.92. The lowest BCUT2D eigenvalue weighted by Crippen LogP contribution is -2.20. The lowest BCUT2D eigenvalue weighted by Gasteiger charge is -2.17. The maximum Gasteiger partial charge on any atom is 0.573 e. The summed E-state index contributed by atoms with van der Waals surface area (Å²) in [6.07, 6.45) is -5.59. The van der Waals surface area contributed by atoms with Crippen LogP contribution in [0.15, 0.2) is 12.8 Å². The fourth-order valence-corrected chi connectivity index (χ4v) is 2.93. The third kappa shape index (κ3) is 3.64. The molecule has 0 aromatic heterocycles. The van der Waals surface area contributed by atoms with Crippen LogP contribution in [0.4, 0.5) is 57.1 Å². The van der Waals surface area contributed by atoms with E-state index in [1.807, 2.05) is 0 Å². The van der Waals surface area contributed by atoms with Gasteiger partial charge in [0.1, 0.15) is 5.82 Å². The van der Waals surface area contributed by atoms with Gasteiger partial charge in [-0.2, -0.15) is 13.2 Å². The Bertz CT molecular complexity index is 1330. The Hall–Kier alpha value is -3.65. The average molecular weight is 510 g/mol. The van der Waals surface area contributed by atoms with Crippen LogP contribution < -0.4 is 9.47 Å². The number of fused-ring (bicyclic) bond motifs is 1. The van der Waals surface area contributed by atoms with E-state index in [2.05, 4.69) is 16.1 Å². The summed E-state index contributed by atoms with van der Waals surface area (Å²) < 4.78 is 187. The number of ether oxygens (including phenoxy) is 2. The fraction of sp³-hybridized carbons (Fsp3) is 0.0526. The molecule has 0 heterocycles. The summed E-state index contributed by atoms with van der Waals surface area (Å²) in [7, 11) is 0. The first-order chi connectivity index (χ1) is 15.7. The largest absolute Gasteiger partial charge is 0.573 e. The molecule has 0 fully saturated rings. The van der Waals surface area contributed by atoms with Gasteiger partial charge in [0.15, 0.2) is 34.9 Å². The van der Waals surface area contributed by atoms with E-state index in [1.54, 1.807) is 0 Å². The molecule has 0 aliphatic carbocycles. The Balaban J connectivity index is 2.52. The Morgan fingerprint density at radius 1 is 0.500 bits per heavy atom. The number of halogens is 13. The molecule has 3 aromatic rings. The van der Waals surface area contributed by atoms with Gasteiger partial charge in [-0.1, -0.05) is 6.58 Å². The fourth-order valence-electron chi connectivity index (χ4n) is 2.93. The highest BCUT2D eigenvalue weighted by Gasteiger charge is 2.39. The minimum atomic E-state index is -5.88. The normalized spacial score (nSPS) is 11.8. The van der Waals surface area contributed by atoms with Gasteiger partial charge >= 0.3 is 6.36 Å². The molecule has 0 N–H and O–H groups in total. The second-order valence-electron chi connectivity index (χ2n) is 6.13. The molecule has 0 radical (unpaired) electrons. The highest BCUT2D eigenvalue weighted by Crippen LogP contribution is 2.44. The Kier molecular flexibility index (Phi) is 6.09. The summed E-state index contributed by atoms with van der Waals surface area (Å²) in [4.78, 5) is 0. The molecule has 0 amide bonds. The second kappa shape index (κ2) is 8.29. The van der Waals surface area contributed by atoms with Crippen molar-refractivity contribution in [2.24, 2.45) is 0 Å². The number of hydrogen-bond donors (Lipinski definition) is 0. The van der Waals surface area contributed by atoms with E-state index < -0.39 is 97.9 Å². The molecule has 0 bridgehead atoms. The van der Waals surface area contributed by atoms with Gasteiger partial charge in [-0.25, -0.2) is 30.7 Å². The molecule has 34 heavy (non-hydrogen) atoms. The van der Waals surface area contributed by atoms with E-state index in [0.717, 1.165) is 0 Å². The molecule has 182 valence electrons. The van der Waals surface area contributed by atoms with Crippen molar-refractivity contribution in [2.45, 2.75) is 6.36 Å². The molecule has 0 saturated heterocycles. The molecule has 15 heteroatoms. The minimum Gasteiger partial charge on any atom is -0.459 e. The highest BCUT2D eigenvalue weighted by atomic mass is 19.4. The maximum atomic E-state index is 14.9. The van der Waals surface area contributed by atoms with Gasteiger partial charge < -0.3 is 9.47 Å². The number of benzene rings is 3. The molecular formula is C19H3F13O2. The molecule has 0 unspecified atom stereocenters. The Labute approximate surface area is 178 Å². The predicted octanol–water partition coefficient (Wildman–Crippen LogP) is 7.32. The van der Waals surface area contributed by atoms with E-state index in [-0.39, 0.29) is 0 Å². The smallest absolute Gasteiger partial charge is 0.459 e. The predicted molar refractivity (Wildman–Crippen MR) is 86.5 cm³/mol. The summed E-state index contributed by atoms with van der Waals surface area (Å²) in [5.74, 6) is -31.4. The summed E-state index contributed by atoms with van der Waals surface area (Å²) in [5, 5.41) is -4.59. The molecule has 0 spiro atoms. The average Bonchev–Trinajstić information content (AvgIpc) is 2.75. The van der Waals surface area contributed by atoms with Crippen molar-refractivity contribution in [3.05, 3.63) is 71.0 Å². The van der Waals surface area contributed by atoms with Crippen LogP contribution in [0.2, 0.25) is 0 Å². The number of hydrogen-bond acceptors (Lipinski definition) is 2. The summed E-state index contributed by atoms with van der Waals surface area (Å²) in [6.45, 7) is 2.84. The van der Waals surface area contributed by atoms with Gasteiger partial charge in [-0.05, 0) is 0 Å². The van der Waals surface area contributed by atoms with Gasteiger partial charge in [0.2, 0.25) is 29.0 Å². The molecule has 3 rings (SSSR count). The van der Waals surface area contributed by atoms with Gasteiger partial charge in [-0.3, -0.25) is 0 Å². The van der Waals surface area contributed by atoms with Crippen LogP contribution in [0, 0.1) is 58.2 Å². The van der Waals surface area contributed by atoms with Crippen LogP contribution in [0.5, 0.6) is 11.5 Å². The lowest BCUT2D eigenvalue weighted by atomic mass is 9.96. The van der Waals surface area contributed by atoms with E-state index in [1.165, 1.54) is 0 Å². The first kappa shape index (κ1) is 25.0. The van der Waals surface area contributed by atoms with Crippen LogP contribution in [0.25, 0.3) is 21.9 Å². The number of alkyl halides is 3. The van der Waals surface area contributed by atoms with Gasteiger partial charge in [-0.15, -0.1) is 13.2 Å². The van der Waals surface area contributed by atoms with Gasteiger partial charge in [0.25, 0.3) is 0 Å². The van der Waals surface area contributed by atoms with Crippen molar-refractivity contribution in [2.75, 3.05) is 0 Å². The van der Waals surface area contributed by atoms with Crippen molar-refractivity contribution >= 4 is 10.8 Å². The first-order valence-electron chi connectivity index (χ1n) is 8.21. The minimum absolute atomic E-state index is 0.290. The number of rotatable bonds is 4. The van der Waals surface area contributed by atoms with E-state index in [0.29, 0.717) is 6.26 Å². The van der Waals surface area contributed by atoms with Crippen LogP contribution in [0.3, 0.4) is 0 Å². The molecule has 2 nitrogen and oxygen atoms in total. The molecule has 3 aromatic carbocycles. The van der Waals surface area contributed by atoms with Crippen LogP contribution in [-0.4, -0.2) is 6.36 Å². The standard InChI is InChI=1S/C19H3F13O2/c1-2-33-17-14(27)11(24)5(12(25)15(17)28)3-7(20)4-6(9(22)8(3)21)13(26)18(16(29)10(4)23)34-19(30,31)32/h2H,1H2. The summed E-state index contributed by atoms with van der Waals surface area (Å²) in [6, 6.07) is 0. The molecule has 0 saturated carbocycles. The van der Waals surface area contributed by atoms with Gasteiger partial charge in [0, 0.05) is 0 Å². The Morgan fingerprint density at radius 3 is 1.35 bits per heavy atom. The third-order valence-electron chi connectivity index (χ3n) is 4.24. The first-order valence-corrected chi connectivity index (χ1v) is 8.21. The van der Waals surface area contributed by atoms with Crippen LogP contribution in [0.1, 0.15) is 0 Å². The van der Waals surface area contributed by atoms with Crippen molar-refractivity contribution in [1.29, 1.82) is 0 Å². The topological polar surface area (TPSA) is 18.5 Å². The zero-order chi connectivity index (χ0) is 25.9. The quantitative estimate of drug-likeness (QED) is 0.208. The zero-order valence-corrected chi connectivity index (χ0v) is 15.5. The van der Waals surface area contributed by atoms with Crippen LogP contribution >= 0.6 is 0 Å². The zero-order valence-electron chi connectivity index (χ0n) is 15.5. The van der Waals surface area contributed by atoms with E-state index in [4.69, 9.17) is 0 Å². The lowest BCUT2D eigenvalue weighted by molar-refractivity contribution is -0.276. The molecule has 0 aliphatic heterocycles. The van der Waals surface area contributed by atoms with Gasteiger partial charge in [0.05, 0.1) is 28.2 Å².